The second-order valence-electron chi connectivity index (χ2n) is 8.11. The van der Waals surface area contributed by atoms with Crippen LogP contribution in [0.2, 0.25) is 0 Å². The van der Waals surface area contributed by atoms with E-state index < -0.39 is 17.8 Å². The lowest BCUT2D eigenvalue weighted by Gasteiger charge is -2.09. The van der Waals surface area contributed by atoms with E-state index in [0.717, 1.165) is 23.3 Å². The molecule has 0 atom stereocenters. The molecule has 7 nitrogen and oxygen atoms in total. The van der Waals surface area contributed by atoms with E-state index in [1.165, 1.54) is 23.5 Å². The van der Waals surface area contributed by atoms with Gasteiger partial charge in [0.15, 0.2) is 5.13 Å². The van der Waals surface area contributed by atoms with Crippen LogP contribution in [-0.2, 0) is 22.3 Å². The predicted octanol–water partition coefficient (Wildman–Crippen LogP) is 6.83. The normalized spacial score (nSPS) is 11.0. The average molecular weight is 541 g/mol. The zero-order valence-corrected chi connectivity index (χ0v) is 20.7. The number of ether oxygens (including phenoxy) is 1. The molecule has 0 radical (unpaired) electrons. The van der Waals surface area contributed by atoms with E-state index in [0.29, 0.717) is 16.5 Å². The van der Waals surface area contributed by atoms with Crippen molar-refractivity contribution >= 4 is 39.8 Å². The lowest BCUT2D eigenvalue weighted by molar-refractivity contribution is -0.137. The van der Waals surface area contributed by atoms with Crippen LogP contribution in [-0.4, -0.2) is 23.5 Å². The summed E-state index contributed by atoms with van der Waals surface area (Å²) in [6.07, 6.45) is -4.99. The van der Waals surface area contributed by atoms with Crippen molar-refractivity contribution in [3.63, 3.8) is 0 Å². The topological polar surface area (TPSA) is 92.4 Å². The largest absolute Gasteiger partial charge is 0.445 e. The minimum absolute atomic E-state index is 0.0480. The maximum Gasteiger partial charge on any atom is 0.416 e. The number of amides is 2. The quantitative estimate of drug-likeness (QED) is 0.217. The van der Waals surface area contributed by atoms with Gasteiger partial charge >= 0.3 is 12.3 Å². The Balaban J connectivity index is 1.27. The van der Waals surface area contributed by atoms with Gasteiger partial charge in [-0.3, -0.25) is 4.79 Å². The summed E-state index contributed by atoms with van der Waals surface area (Å²) < 4.78 is 44.0. The van der Waals surface area contributed by atoms with Crippen molar-refractivity contribution in [2.75, 3.05) is 17.2 Å². The van der Waals surface area contributed by atoms with Crippen molar-refractivity contribution in [2.24, 2.45) is 0 Å². The van der Waals surface area contributed by atoms with Crippen LogP contribution in [0.25, 0.3) is 11.3 Å². The van der Waals surface area contributed by atoms with Crippen molar-refractivity contribution in [1.29, 1.82) is 0 Å². The van der Waals surface area contributed by atoms with Crippen LogP contribution in [0.3, 0.4) is 0 Å². The van der Waals surface area contributed by atoms with Gasteiger partial charge in [0.2, 0.25) is 5.91 Å². The number of hydrogen-bond acceptors (Lipinski definition) is 6. The van der Waals surface area contributed by atoms with E-state index in [4.69, 9.17) is 4.74 Å². The fourth-order valence-corrected chi connectivity index (χ4v) is 4.13. The molecule has 2 amide bonds. The summed E-state index contributed by atoms with van der Waals surface area (Å²) in [5.41, 5.74) is 2.25. The van der Waals surface area contributed by atoms with Gasteiger partial charge in [-0.2, -0.15) is 13.2 Å². The Bertz CT molecular complexity index is 1390. The first-order valence-corrected chi connectivity index (χ1v) is 12.4. The third-order valence-corrected chi connectivity index (χ3v) is 5.98. The maximum absolute atomic E-state index is 13.0. The first-order valence-electron chi connectivity index (χ1n) is 11.5. The minimum Gasteiger partial charge on any atom is -0.445 e. The van der Waals surface area contributed by atoms with E-state index in [-0.39, 0.29) is 31.2 Å². The highest BCUT2D eigenvalue weighted by Crippen LogP contribution is 2.33. The number of carbonyl (C=O) groups is 2. The molecule has 4 aromatic rings. The number of benzene rings is 3. The molecule has 0 aliphatic carbocycles. The van der Waals surface area contributed by atoms with Gasteiger partial charge in [0.05, 0.1) is 11.3 Å². The van der Waals surface area contributed by atoms with Crippen LogP contribution >= 0.6 is 11.3 Å². The molecule has 0 bridgehead atoms. The monoisotopic (exact) mass is 540 g/mol. The number of aromatic nitrogens is 1. The number of rotatable bonds is 9. The second-order valence-corrected chi connectivity index (χ2v) is 8.97. The van der Waals surface area contributed by atoms with Crippen LogP contribution < -0.4 is 16.0 Å². The molecule has 196 valence electrons. The maximum atomic E-state index is 13.0. The highest BCUT2D eigenvalue weighted by molar-refractivity contribution is 7.14. The van der Waals surface area contributed by atoms with Gasteiger partial charge in [0.25, 0.3) is 0 Å². The van der Waals surface area contributed by atoms with Crippen LogP contribution in [0, 0.1) is 0 Å². The predicted molar refractivity (Wildman–Crippen MR) is 140 cm³/mol. The first kappa shape index (κ1) is 26.7. The molecular weight excluding hydrogens is 517 g/mol. The van der Waals surface area contributed by atoms with Gasteiger partial charge in [-0.05, 0) is 35.9 Å². The molecule has 0 fully saturated rings. The Labute approximate surface area is 220 Å². The number of nitrogens with zero attached hydrogens (tertiary/aromatic N) is 1. The Morgan fingerprint density at radius 1 is 0.921 bits per heavy atom. The number of anilines is 3. The highest BCUT2D eigenvalue weighted by atomic mass is 32.1. The molecule has 0 spiro atoms. The fraction of sp³-hybridized carbons (Fsp3) is 0.148. The molecular formula is C27H23F3N4O3S. The van der Waals surface area contributed by atoms with E-state index in [1.54, 1.807) is 23.6 Å². The minimum atomic E-state index is -4.43. The molecule has 3 aromatic carbocycles. The van der Waals surface area contributed by atoms with Gasteiger partial charge in [-0.25, -0.2) is 9.78 Å². The number of alkyl halides is 3. The number of nitrogens with one attached hydrogen (secondary N) is 3. The Morgan fingerprint density at radius 2 is 1.68 bits per heavy atom. The van der Waals surface area contributed by atoms with Gasteiger partial charge in [0.1, 0.15) is 6.61 Å². The molecule has 0 saturated heterocycles. The van der Waals surface area contributed by atoms with Crippen molar-refractivity contribution in [3.8, 4) is 11.3 Å². The molecule has 11 heteroatoms. The third kappa shape index (κ3) is 7.81. The summed E-state index contributed by atoms with van der Waals surface area (Å²) in [6, 6.07) is 21.2. The van der Waals surface area contributed by atoms with Crippen molar-refractivity contribution in [1.82, 2.24) is 10.3 Å². The molecule has 0 aliphatic heterocycles. The van der Waals surface area contributed by atoms with Gasteiger partial charge < -0.3 is 20.7 Å². The standard InChI is InChI=1S/C27H23F3N4O3S/c28-27(29,30)20-9-5-11-22(15-20)33-25-34-23(17-38-25)19-8-4-10-21(14-19)32-24(35)12-13-31-26(36)37-16-18-6-2-1-3-7-18/h1-11,14-15,17H,12-13,16H2,(H,31,36)(H,32,35)(H,33,34). The number of thiazole rings is 1. The van der Waals surface area contributed by atoms with E-state index in [9.17, 15) is 22.8 Å². The summed E-state index contributed by atoms with van der Waals surface area (Å²) in [7, 11) is 0. The summed E-state index contributed by atoms with van der Waals surface area (Å²) in [4.78, 5) is 28.6. The van der Waals surface area contributed by atoms with Crippen LogP contribution in [0.4, 0.5) is 34.5 Å². The summed E-state index contributed by atoms with van der Waals surface area (Å²) in [5.74, 6) is -0.296. The van der Waals surface area contributed by atoms with Crippen LogP contribution in [0.15, 0.2) is 84.2 Å². The molecule has 1 heterocycles. The van der Waals surface area contributed by atoms with E-state index in [2.05, 4.69) is 20.9 Å². The Kier molecular flexibility index (Phi) is 8.59. The molecule has 0 saturated carbocycles. The Hall–Kier alpha value is -4.38. The van der Waals surface area contributed by atoms with Crippen LogP contribution in [0.5, 0.6) is 0 Å². The van der Waals surface area contributed by atoms with Crippen molar-refractivity contribution in [3.05, 3.63) is 95.4 Å². The van der Waals surface area contributed by atoms with E-state index in [1.807, 2.05) is 36.4 Å². The van der Waals surface area contributed by atoms with Gasteiger partial charge in [-0.1, -0.05) is 48.5 Å². The zero-order chi connectivity index (χ0) is 27.0. The number of carbonyl (C=O) groups excluding carboxylic acids is 2. The summed E-state index contributed by atoms with van der Waals surface area (Å²) >= 11 is 1.25. The number of alkyl carbamates (subject to hydrolysis) is 1. The first-order chi connectivity index (χ1) is 18.3. The third-order valence-electron chi connectivity index (χ3n) is 5.22. The second kappa shape index (κ2) is 12.2. The van der Waals surface area contributed by atoms with Crippen molar-refractivity contribution < 1.29 is 27.5 Å². The molecule has 3 N–H and O–H groups in total. The molecule has 38 heavy (non-hydrogen) atoms. The summed E-state index contributed by atoms with van der Waals surface area (Å²) in [5, 5.41) is 10.4. The molecule has 0 unspecified atom stereocenters. The smallest absolute Gasteiger partial charge is 0.416 e. The molecule has 1 aromatic heterocycles. The number of halogens is 3. The molecule has 0 aliphatic rings. The highest BCUT2D eigenvalue weighted by Gasteiger charge is 2.30. The van der Waals surface area contributed by atoms with Gasteiger partial charge in [0, 0.05) is 35.3 Å². The summed E-state index contributed by atoms with van der Waals surface area (Å²) in [6.45, 7) is 0.245. The SMILES string of the molecule is O=C(CCNC(=O)OCc1ccccc1)Nc1cccc(-c2csc(Nc3cccc(C(F)(F)F)c3)n2)c1. The number of hydrogen-bond donors (Lipinski definition) is 3. The zero-order valence-electron chi connectivity index (χ0n) is 19.9. The van der Waals surface area contributed by atoms with Crippen molar-refractivity contribution in [2.45, 2.75) is 19.2 Å². The average Bonchev–Trinajstić information content (AvgIpc) is 3.36. The van der Waals surface area contributed by atoms with Crippen LogP contribution in [0.1, 0.15) is 17.5 Å². The Morgan fingerprint density at radius 3 is 2.47 bits per heavy atom. The molecule has 4 rings (SSSR count). The fourth-order valence-electron chi connectivity index (χ4n) is 3.39. The van der Waals surface area contributed by atoms with Gasteiger partial charge in [-0.15, -0.1) is 11.3 Å². The lowest BCUT2D eigenvalue weighted by atomic mass is 10.1. The lowest BCUT2D eigenvalue weighted by Crippen LogP contribution is -2.28. The van der Waals surface area contributed by atoms with E-state index >= 15 is 0 Å².